The number of nitrogens with one attached hydrogen (secondary N) is 1. The molecule has 1 aliphatic rings. The van der Waals surface area contributed by atoms with E-state index in [9.17, 15) is 10.0 Å². The molecule has 2 aromatic carbocycles. The van der Waals surface area contributed by atoms with Crippen molar-refractivity contribution in [2.75, 3.05) is 19.5 Å². The molecule has 0 aliphatic carbocycles. The molecule has 114 valence electrons. The lowest BCUT2D eigenvalue weighted by molar-refractivity contribution is -0.0855. The Hall–Kier alpha value is -2.73. The molecule has 0 spiro atoms. The first kappa shape index (κ1) is 14.2. The first-order chi connectivity index (χ1) is 10.7. The molecule has 6 nitrogen and oxygen atoms in total. The molecule has 1 atom stereocenters. The summed E-state index contributed by atoms with van der Waals surface area (Å²) in [5.41, 5.74) is 1.73. The molecule has 2 N–H and O–H groups in total. The average molecular weight is 300 g/mol. The molecule has 0 aromatic heterocycles. The zero-order valence-electron chi connectivity index (χ0n) is 12.2. The number of carbonyl (C=O) groups excluding carboxylic acids is 1. The van der Waals surface area contributed by atoms with Crippen LogP contribution in [-0.2, 0) is 0 Å². The Bertz CT molecular complexity index is 717. The summed E-state index contributed by atoms with van der Waals surface area (Å²) in [5.74, 6) is 0.688. The van der Waals surface area contributed by atoms with Gasteiger partial charge in [-0.15, -0.1) is 0 Å². The van der Waals surface area contributed by atoms with Gasteiger partial charge in [-0.05, 0) is 24.3 Å². The summed E-state index contributed by atoms with van der Waals surface area (Å²) in [4.78, 5) is 12.3. The van der Waals surface area contributed by atoms with Gasteiger partial charge in [0.2, 0.25) is 0 Å². The molecule has 0 fully saturated rings. The second kappa shape index (κ2) is 5.57. The van der Waals surface area contributed by atoms with Crippen molar-refractivity contribution in [2.45, 2.75) is 6.17 Å². The van der Waals surface area contributed by atoms with Crippen LogP contribution in [-0.4, -0.2) is 30.4 Å². The predicted octanol–water partition coefficient (Wildman–Crippen LogP) is 2.66. The lowest BCUT2D eigenvalue weighted by Gasteiger charge is -2.34. The van der Waals surface area contributed by atoms with Crippen LogP contribution < -0.4 is 14.8 Å². The van der Waals surface area contributed by atoms with E-state index in [1.165, 1.54) is 7.11 Å². The van der Waals surface area contributed by atoms with Crippen molar-refractivity contribution in [1.82, 2.24) is 5.06 Å². The van der Waals surface area contributed by atoms with E-state index in [0.29, 0.717) is 33.4 Å². The summed E-state index contributed by atoms with van der Waals surface area (Å²) in [6, 6.07) is 12.2. The number of hydrogen-bond donors (Lipinski definition) is 2. The number of fused-ring (bicyclic) bond motifs is 1. The van der Waals surface area contributed by atoms with Gasteiger partial charge in [-0.2, -0.15) is 5.06 Å². The molecule has 0 unspecified atom stereocenters. The SMILES string of the molecule is COc1ccc([C@@H]2Nc3ccccc3C(=O)N2O)c(OC)c1. The van der Waals surface area contributed by atoms with Gasteiger partial charge in [0.25, 0.3) is 5.91 Å². The number of methoxy groups -OCH3 is 2. The highest BCUT2D eigenvalue weighted by atomic mass is 16.5. The Morgan fingerprint density at radius 3 is 2.64 bits per heavy atom. The number of amides is 1. The van der Waals surface area contributed by atoms with Crippen LogP contribution in [0, 0.1) is 0 Å². The fourth-order valence-electron chi connectivity index (χ4n) is 2.50. The van der Waals surface area contributed by atoms with Crippen molar-refractivity contribution in [3.63, 3.8) is 0 Å². The number of carbonyl (C=O) groups is 1. The van der Waals surface area contributed by atoms with E-state index in [2.05, 4.69) is 5.32 Å². The van der Waals surface area contributed by atoms with E-state index in [0.717, 1.165) is 0 Å². The van der Waals surface area contributed by atoms with Crippen LogP contribution in [0.1, 0.15) is 22.1 Å². The van der Waals surface area contributed by atoms with Crippen molar-refractivity contribution in [3.05, 3.63) is 53.6 Å². The topological polar surface area (TPSA) is 71.0 Å². The molecular formula is C16H16N2O4. The van der Waals surface area contributed by atoms with Gasteiger partial charge >= 0.3 is 0 Å². The highest BCUT2D eigenvalue weighted by Gasteiger charge is 2.33. The van der Waals surface area contributed by atoms with E-state index < -0.39 is 12.1 Å². The van der Waals surface area contributed by atoms with Crippen molar-refractivity contribution in [2.24, 2.45) is 0 Å². The van der Waals surface area contributed by atoms with E-state index in [1.807, 2.05) is 6.07 Å². The minimum absolute atomic E-state index is 0.425. The van der Waals surface area contributed by atoms with Gasteiger partial charge in [-0.1, -0.05) is 12.1 Å². The van der Waals surface area contributed by atoms with Crippen molar-refractivity contribution >= 4 is 11.6 Å². The Labute approximate surface area is 127 Å². The number of para-hydroxylation sites is 1. The Morgan fingerprint density at radius 1 is 1.14 bits per heavy atom. The Morgan fingerprint density at radius 2 is 1.91 bits per heavy atom. The molecule has 0 saturated carbocycles. The zero-order chi connectivity index (χ0) is 15.7. The molecule has 1 aliphatic heterocycles. The third kappa shape index (κ3) is 2.23. The van der Waals surface area contributed by atoms with Crippen LogP contribution in [0.25, 0.3) is 0 Å². The van der Waals surface area contributed by atoms with Gasteiger partial charge in [0, 0.05) is 17.3 Å². The van der Waals surface area contributed by atoms with E-state index in [1.54, 1.807) is 43.5 Å². The van der Waals surface area contributed by atoms with Gasteiger partial charge in [0.1, 0.15) is 11.5 Å². The smallest absolute Gasteiger partial charge is 0.281 e. The Balaban J connectivity index is 2.04. The molecule has 2 aromatic rings. The van der Waals surface area contributed by atoms with Crippen LogP contribution in [0.5, 0.6) is 11.5 Å². The molecule has 1 heterocycles. The normalized spacial score (nSPS) is 16.8. The van der Waals surface area contributed by atoms with Gasteiger partial charge in [-0.25, -0.2) is 0 Å². The van der Waals surface area contributed by atoms with Gasteiger partial charge in [-0.3, -0.25) is 10.0 Å². The molecule has 0 bridgehead atoms. The van der Waals surface area contributed by atoms with Crippen molar-refractivity contribution in [3.8, 4) is 11.5 Å². The Kier molecular flexibility index (Phi) is 3.60. The summed E-state index contributed by atoms with van der Waals surface area (Å²) in [6.07, 6.45) is -0.733. The largest absolute Gasteiger partial charge is 0.497 e. The third-order valence-corrected chi connectivity index (χ3v) is 3.64. The van der Waals surface area contributed by atoms with Gasteiger partial charge < -0.3 is 14.8 Å². The maximum atomic E-state index is 12.3. The van der Waals surface area contributed by atoms with Crippen LogP contribution in [0.4, 0.5) is 5.69 Å². The van der Waals surface area contributed by atoms with Crippen molar-refractivity contribution < 1.29 is 19.5 Å². The van der Waals surface area contributed by atoms with Crippen molar-refractivity contribution in [1.29, 1.82) is 0 Å². The number of anilines is 1. The molecule has 0 saturated heterocycles. The maximum Gasteiger partial charge on any atom is 0.281 e. The minimum atomic E-state index is -0.733. The minimum Gasteiger partial charge on any atom is -0.497 e. The monoisotopic (exact) mass is 300 g/mol. The summed E-state index contributed by atoms with van der Waals surface area (Å²) in [7, 11) is 3.09. The fourth-order valence-corrected chi connectivity index (χ4v) is 2.50. The number of ether oxygens (including phenoxy) is 2. The zero-order valence-corrected chi connectivity index (χ0v) is 12.2. The van der Waals surface area contributed by atoms with Crippen LogP contribution in [0.15, 0.2) is 42.5 Å². The highest BCUT2D eigenvalue weighted by Crippen LogP contribution is 2.37. The average Bonchev–Trinajstić information content (AvgIpc) is 2.57. The van der Waals surface area contributed by atoms with Crippen LogP contribution >= 0.6 is 0 Å². The van der Waals surface area contributed by atoms with E-state index in [-0.39, 0.29) is 0 Å². The first-order valence-corrected chi connectivity index (χ1v) is 6.75. The fraction of sp³-hybridized carbons (Fsp3) is 0.188. The van der Waals surface area contributed by atoms with E-state index in [4.69, 9.17) is 9.47 Å². The maximum absolute atomic E-state index is 12.3. The highest BCUT2D eigenvalue weighted by molar-refractivity contribution is 6.01. The first-order valence-electron chi connectivity index (χ1n) is 6.75. The quantitative estimate of drug-likeness (QED) is 0.853. The molecule has 3 rings (SSSR count). The summed E-state index contributed by atoms with van der Waals surface area (Å²) >= 11 is 0. The summed E-state index contributed by atoms with van der Waals surface area (Å²) < 4.78 is 10.5. The van der Waals surface area contributed by atoms with Crippen LogP contribution in [0.3, 0.4) is 0 Å². The van der Waals surface area contributed by atoms with Crippen LogP contribution in [0.2, 0.25) is 0 Å². The number of hydrogen-bond acceptors (Lipinski definition) is 5. The second-order valence-corrected chi connectivity index (χ2v) is 4.85. The lowest BCUT2D eigenvalue weighted by atomic mass is 10.0. The molecular weight excluding hydrogens is 284 g/mol. The van der Waals surface area contributed by atoms with E-state index >= 15 is 0 Å². The third-order valence-electron chi connectivity index (χ3n) is 3.64. The molecule has 0 radical (unpaired) electrons. The number of hydroxylamine groups is 2. The summed E-state index contributed by atoms with van der Waals surface area (Å²) in [6.45, 7) is 0. The summed E-state index contributed by atoms with van der Waals surface area (Å²) in [5, 5.41) is 14.0. The molecule has 22 heavy (non-hydrogen) atoms. The van der Waals surface area contributed by atoms with Gasteiger partial charge in [0.05, 0.1) is 19.8 Å². The number of rotatable bonds is 3. The molecule has 1 amide bonds. The standard InChI is InChI=1S/C16H16N2O4/c1-21-10-7-8-12(14(9-10)22-2)15-17-13-6-4-3-5-11(13)16(19)18(15)20/h3-9,15,17,20H,1-2H3/t15-/m1/s1. The lowest BCUT2D eigenvalue weighted by Crippen LogP contribution is -2.40. The number of benzene rings is 2. The predicted molar refractivity (Wildman–Crippen MR) is 80.3 cm³/mol. The van der Waals surface area contributed by atoms with Gasteiger partial charge in [0.15, 0.2) is 6.17 Å². The number of nitrogens with zero attached hydrogens (tertiary/aromatic N) is 1. The molecule has 6 heteroatoms. The second-order valence-electron chi connectivity index (χ2n) is 4.85.